The van der Waals surface area contributed by atoms with Crippen molar-refractivity contribution >= 4 is 39.2 Å². The number of para-hydroxylation sites is 1. The molecule has 2 aromatic carbocycles. The molecular weight excluding hydrogens is 510 g/mol. The lowest BCUT2D eigenvalue weighted by atomic mass is 10.1. The number of amides is 1. The fraction of sp³-hybridized carbons (Fsp3) is 0.240. The van der Waals surface area contributed by atoms with Gasteiger partial charge in [0.15, 0.2) is 0 Å². The molecule has 196 valence electrons. The number of piperazine rings is 1. The molecule has 0 bridgehead atoms. The van der Waals surface area contributed by atoms with Crippen LogP contribution in [0.15, 0.2) is 59.5 Å². The average Bonchev–Trinajstić information content (AvgIpc) is 2.92. The highest BCUT2D eigenvalue weighted by atomic mass is 32.2. The molecule has 4 rings (SSSR count). The predicted octanol–water partition coefficient (Wildman–Crippen LogP) is 1.92. The molecule has 0 atom stereocenters. The van der Waals surface area contributed by atoms with Gasteiger partial charge in [-0.25, -0.2) is 18.4 Å². The van der Waals surface area contributed by atoms with Crippen LogP contribution in [-0.2, 0) is 14.8 Å². The maximum atomic E-state index is 13.2. The number of rotatable bonds is 8. The largest absolute Gasteiger partial charge is 0.480 e. The number of aliphatic carboxylic acids is 1. The second kappa shape index (κ2) is 11.2. The third-order valence-electron chi connectivity index (χ3n) is 5.83. The molecule has 0 unspecified atom stereocenters. The number of carbonyl (C=O) groups excluding carboxylic acids is 1. The molecule has 1 aliphatic heterocycles. The van der Waals surface area contributed by atoms with E-state index in [0.717, 1.165) is 0 Å². The van der Waals surface area contributed by atoms with Gasteiger partial charge >= 0.3 is 5.97 Å². The molecule has 2 heterocycles. The zero-order chi connectivity index (χ0) is 27.3. The predicted molar refractivity (Wildman–Crippen MR) is 139 cm³/mol. The van der Waals surface area contributed by atoms with Crippen LogP contribution in [0.25, 0.3) is 0 Å². The van der Waals surface area contributed by atoms with Gasteiger partial charge in [-0.2, -0.15) is 9.57 Å². The molecule has 3 N–H and O–H groups in total. The molecule has 13 heteroatoms. The summed E-state index contributed by atoms with van der Waals surface area (Å²) < 4.78 is 27.8. The molecule has 1 saturated heterocycles. The molecule has 0 spiro atoms. The first-order valence-corrected chi connectivity index (χ1v) is 13.1. The first-order chi connectivity index (χ1) is 18.2. The average molecular weight is 536 g/mol. The van der Waals surface area contributed by atoms with E-state index in [2.05, 4.69) is 20.6 Å². The van der Waals surface area contributed by atoms with Gasteiger partial charge in [-0.05, 0) is 49.4 Å². The number of sulfonamides is 1. The lowest BCUT2D eigenvalue weighted by Crippen LogP contribution is -2.49. The number of nitriles is 1. The van der Waals surface area contributed by atoms with Gasteiger partial charge in [0.25, 0.3) is 5.91 Å². The Morgan fingerprint density at radius 1 is 1.05 bits per heavy atom. The summed E-state index contributed by atoms with van der Waals surface area (Å²) >= 11 is 0. The van der Waals surface area contributed by atoms with E-state index in [4.69, 9.17) is 10.4 Å². The Morgan fingerprint density at radius 2 is 1.74 bits per heavy atom. The maximum Gasteiger partial charge on any atom is 0.322 e. The minimum absolute atomic E-state index is 0.0889. The van der Waals surface area contributed by atoms with Gasteiger partial charge < -0.3 is 20.6 Å². The topological polar surface area (TPSA) is 169 Å². The molecule has 0 saturated carbocycles. The Kier molecular flexibility index (Phi) is 7.85. The van der Waals surface area contributed by atoms with Gasteiger partial charge in [0, 0.05) is 43.2 Å². The van der Waals surface area contributed by atoms with Crippen LogP contribution >= 0.6 is 0 Å². The number of carboxylic acid groups (broad SMARTS) is 1. The Morgan fingerprint density at radius 3 is 2.39 bits per heavy atom. The summed E-state index contributed by atoms with van der Waals surface area (Å²) in [6.45, 7) is 2.62. The summed E-state index contributed by atoms with van der Waals surface area (Å²) in [5, 5.41) is 23.4. The van der Waals surface area contributed by atoms with Crippen LogP contribution in [-0.4, -0.2) is 72.4 Å². The fourth-order valence-corrected chi connectivity index (χ4v) is 5.37. The normalized spacial score (nSPS) is 13.9. The quantitative estimate of drug-likeness (QED) is 0.387. The second-order valence-electron chi connectivity index (χ2n) is 8.47. The van der Waals surface area contributed by atoms with E-state index in [0.29, 0.717) is 36.1 Å². The first-order valence-electron chi connectivity index (χ1n) is 11.6. The maximum absolute atomic E-state index is 13.2. The standard InChI is InChI=1S/C25H25N7O5S/c1-17-14-19(15-26)30-25(28-17)31-10-12-32(13-11-31)38(36,37)20-8-6-18(7-9-20)29-24(35)21-4-2-3-5-22(21)27-16-23(33)34/h2-9,14,27H,10-13,16H2,1H3,(H,29,35)(H,33,34). The summed E-state index contributed by atoms with van der Waals surface area (Å²) in [7, 11) is -3.77. The van der Waals surface area contributed by atoms with E-state index in [1.807, 2.05) is 11.0 Å². The number of benzene rings is 2. The SMILES string of the molecule is Cc1cc(C#N)nc(N2CCN(S(=O)(=O)c3ccc(NC(=O)c4ccccc4NCC(=O)O)cc3)CC2)n1. The van der Waals surface area contributed by atoms with Crippen molar-refractivity contribution < 1.29 is 23.1 Å². The van der Waals surface area contributed by atoms with E-state index >= 15 is 0 Å². The Labute approximate surface area is 219 Å². The van der Waals surface area contributed by atoms with Crippen LogP contribution in [0.1, 0.15) is 21.7 Å². The van der Waals surface area contributed by atoms with Gasteiger partial charge in [-0.1, -0.05) is 12.1 Å². The van der Waals surface area contributed by atoms with Gasteiger partial charge in [0.05, 0.1) is 10.5 Å². The number of aryl methyl sites for hydroxylation is 1. The molecule has 0 aliphatic carbocycles. The fourth-order valence-electron chi connectivity index (χ4n) is 3.94. The van der Waals surface area contributed by atoms with Crippen molar-refractivity contribution in [2.24, 2.45) is 0 Å². The summed E-state index contributed by atoms with van der Waals surface area (Å²) in [6, 6.07) is 15.9. The molecule has 38 heavy (non-hydrogen) atoms. The molecule has 1 fully saturated rings. The Bertz CT molecular complexity index is 1500. The summed E-state index contributed by atoms with van der Waals surface area (Å²) in [4.78, 5) is 34.1. The van der Waals surface area contributed by atoms with Crippen molar-refractivity contribution in [2.45, 2.75) is 11.8 Å². The van der Waals surface area contributed by atoms with Crippen LogP contribution in [0.2, 0.25) is 0 Å². The molecule has 12 nitrogen and oxygen atoms in total. The lowest BCUT2D eigenvalue weighted by molar-refractivity contribution is -0.134. The van der Waals surface area contributed by atoms with Crippen molar-refractivity contribution in [1.82, 2.24) is 14.3 Å². The van der Waals surface area contributed by atoms with Crippen LogP contribution < -0.4 is 15.5 Å². The second-order valence-corrected chi connectivity index (χ2v) is 10.4. The Hall–Kier alpha value is -4.54. The number of hydrogen-bond donors (Lipinski definition) is 3. The summed E-state index contributed by atoms with van der Waals surface area (Å²) in [5.41, 5.74) is 1.92. The van der Waals surface area contributed by atoms with Gasteiger partial charge in [0.1, 0.15) is 18.3 Å². The number of aromatic nitrogens is 2. The van der Waals surface area contributed by atoms with Crippen molar-refractivity contribution in [3.63, 3.8) is 0 Å². The number of carbonyl (C=O) groups is 2. The van der Waals surface area contributed by atoms with Crippen molar-refractivity contribution in [1.29, 1.82) is 5.26 Å². The van der Waals surface area contributed by atoms with Crippen molar-refractivity contribution in [2.75, 3.05) is 48.3 Å². The van der Waals surface area contributed by atoms with E-state index in [1.165, 1.54) is 28.6 Å². The van der Waals surface area contributed by atoms with Gasteiger partial charge in [-0.15, -0.1) is 0 Å². The molecule has 0 radical (unpaired) electrons. The number of hydrogen-bond acceptors (Lipinski definition) is 9. The van der Waals surface area contributed by atoms with E-state index in [-0.39, 0.29) is 35.8 Å². The summed E-state index contributed by atoms with van der Waals surface area (Å²) in [6.07, 6.45) is 0. The van der Waals surface area contributed by atoms with E-state index in [1.54, 1.807) is 37.3 Å². The van der Waals surface area contributed by atoms with Crippen LogP contribution in [0.3, 0.4) is 0 Å². The van der Waals surface area contributed by atoms with Gasteiger partial charge in [0.2, 0.25) is 16.0 Å². The number of anilines is 3. The monoisotopic (exact) mass is 535 g/mol. The van der Waals surface area contributed by atoms with E-state index < -0.39 is 21.9 Å². The van der Waals surface area contributed by atoms with Crippen LogP contribution in [0.5, 0.6) is 0 Å². The van der Waals surface area contributed by atoms with Gasteiger partial charge in [-0.3, -0.25) is 9.59 Å². The minimum Gasteiger partial charge on any atom is -0.480 e. The molecule has 1 aromatic heterocycles. The molecule has 1 aliphatic rings. The first kappa shape index (κ1) is 26.5. The number of nitrogens with one attached hydrogen (secondary N) is 2. The zero-order valence-electron chi connectivity index (χ0n) is 20.5. The highest BCUT2D eigenvalue weighted by Crippen LogP contribution is 2.23. The van der Waals surface area contributed by atoms with Crippen LogP contribution in [0.4, 0.5) is 17.3 Å². The minimum atomic E-state index is -3.77. The van der Waals surface area contributed by atoms with Crippen molar-refractivity contribution in [3.8, 4) is 6.07 Å². The Balaban J connectivity index is 1.40. The van der Waals surface area contributed by atoms with E-state index in [9.17, 15) is 18.0 Å². The summed E-state index contributed by atoms with van der Waals surface area (Å²) in [5.74, 6) is -1.13. The third-order valence-corrected chi connectivity index (χ3v) is 7.74. The smallest absolute Gasteiger partial charge is 0.322 e. The molecule has 1 amide bonds. The number of carboxylic acids is 1. The third kappa shape index (κ3) is 6.05. The molecule has 3 aromatic rings. The lowest BCUT2D eigenvalue weighted by Gasteiger charge is -2.34. The zero-order valence-corrected chi connectivity index (χ0v) is 21.3. The van der Waals surface area contributed by atoms with Crippen molar-refractivity contribution in [3.05, 3.63) is 71.5 Å². The van der Waals surface area contributed by atoms with Crippen LogP contribution in [0, 0.1) is 18.3 Å². The highest BCUT2D eigenvalue weighted by Gasteiger charge is 2.29. The highest BCUT2D eigenvalue weighted by molar-refractivity contribution is 7.89. The number of nitrogens with zero attached hydrogens (tertiary/aromatic N) is 5. The molecular formula is C25H25N7O5S.